The molecule has 1 rings (SSSR count). The van der Waals surface area contributed by atoms with Crippen LogP contribution in [-0.4, -0.2) is 66.1 Å². The molecule has 0 bridgehead atoms. The molecule has 1 fully saturated rings. The molecule has 1 heterocycles. The standard InChI is InChI=1S/C18H40O5Si4/c1-14(2)15(16(19)20-3)24-18(12-10-11-13-21-18)25-17(22-26(4,5)6)23-27(7,8)9/h17H,10-13,24-25H2,1-9H3. The number of carbonyl (C=O) groups excluding carboxylic acids is 1. The molecule has 9 heteroatoms. The zero-order chi connectivity index (χ0) is 20.9. The van der Waals surface area contributed by atoms with Crippen LogP contribution in [0, 0.1) is 0 Å². The molecule has 1 aliphatic heterocycles. The molecule has 0 aromatic rings. The van der Waals surface area contributed by atoms with Crippen molar-refractivity contribution in [2.45, 2.75) is 83.2 Å². The van der Waals surface area contributed by atoms with Gasteiger partial charge in [0, 0.05) is 16.7 Å². The van der Waals surface area contributed by atoms with E-state index < -0.39 is 35.7 Å². The van der Waals surface area contributed by atoms with Crippen LogP contribution in [0.3, 0.4) is 0 Å². The van der Waals surface area contributed by atoms with Gasteiger partial charge in [-0.15, -0.1) is 0 Å². The highest BCUT2D eigenvalue weighted by atomic mass is 28.4. The van der Waals surface area contributed by atoms with Crippen molar-refractivity contribution in [2.75, 3.05) is 13.7 Å². The Morgan fingerprint density at radius 2 is 1.59 bits per heavy atom. The van der Waals surface area contributed by atoms with Gasteiger partial charge in [-0.1, -0.05) is 5.57 Å². The van der Waals surface area contributed by atoms with Crippen molar-refractivity contribution in [3.05, 3.63) is 10.8 Å². The fourth-order valence-corrected chi connectivity index (χ4v) is 14.1. The number of rotatable bonds is 9. The summed E-state index contributed by atoms with van der Waals surface area (Å²) in [6.07, 6.45) is 3.28. The second-order valence-electron chi connectivity index (χ2n) is 9.73. The van der Waals surface area contributed by atoms with Gasteiger partial charge in [-0.25, -0.2) is 4.79 Å². The fourth-order valence-electron chi connectivity index (χ4n) is 3.38. The van der Waals surface area contributed by atoms with Gasteiger partial charge in [-0.05, 0) is 72.4 Å². The quantitative estimate of drug-likeness (QED) is 0.235. The van der Waals surface area contributed by atoms with Gasteiger partial charge >= 0.3 is 5.97 Å². The van der Waals surface area contributed by atoms with Crippen LogP contribution in [0.2, 0.25) is 39.3 Å². The average Bonchev–Trinajstić information content (AvgIpc) is 2.49. The van der Waals surface area contributed by atoms with Crippen molar-refractivity contribution < 1.29 is 23.1 Å². The second kappa shape index (κ2) is 10.1. The Bertz CT molecular complexity index is 511. The van der Waals surface area contributed by atoms with Crippen LogP contribution in [-0.2, 0) is 23.1 Å². The van der Waals surface area contributed by atoms with Crippen LogP contribution in [0.15, 0.2) is 10.8 Å². The molecule has 1 saturated heterocycles. The maximum absolute atomic E-state index is 12.4. The summed E-state index contributed by atoms with van der Waals surface area (Å²) >= 11 is 0. The predicted octanol–water partition coefficient (Wildman–Crippen LogP) is 2.63. The first kappa shape index (κ1) is 25.0. The molecule has 158 valence electrons. The molecule has 5 nitrogen and oxygen atoms in total. The first-order chi connectivity index (χ1) is 12.3. The molecule has 0 spiro atoms. The maximum atomic E-state index is 12.4. The number of allylic oxidation sites excluding steroid dienone is 1. The van der Waals surface area contributed by atoms with Gasteiger partial charge < -0.3 is 18.3 Å². The topological polar surface area (TPSA) is 54.0 Å². The monoisotopic (exact) mass is 448 g/mol. The van der Waals surface area contributed by atoms with Gasteiger partial charge in [0.2, 0.25) is 0 Å². The third-order valence-electron chi connectivity index (χ3n) is 4.48. The van der Waals surface area contributed by atoms with E-state index in [0.29, 0.717) is 0 Å². The van der Waals surface area contributed by atoms with Gasteiger partial charge in [-0.2, -0.15) is 0 Å². The van der Waals surface area contributed by atoms with Crippen LogP contribution in [0.4, 0.5) is 0 Å². The van der Waals surface area contributed by atoms with Crippen molar-refractivity contribution in [1.82, 2.24) is 0 Å². The lowest BCUT2D eigenvalue weighted by molar-refractivity contribution is -0.135. The molecule has 0 saturated carbocycles. The molecule has 0 aromatic carbocycles. The van der Waals surface area contributed by atoms with Gasteiger partial charge in [0.25, 0.3) is 0 Å². The first-order valence-corrected chi connectivity index (χ1v) is 19.8. The average molecular weight is 449 g/mol. The Morgan fingerprint density at radius 1 is 1.04 bits per heavy atom. The minimum atomic E-state index is -1.74. The van der Waals surface area contributed by atoms with E-state index in [0.717, 1.165) is 36.6 Å². The van der Waals surface area contributed by atoms with Crippen LogP contribution in [0.25, 0.3) is 0 Å². The van der Waals surface area contributed by atoms with Crippen LogP contribution in [0.1, 0.15) is 33.1 Å². The highest BCUT2D eigenvalue weighted by molar-refractivity contribution is 6.74. The van der Waals surface area contributed by atoms with E-state index in [1.165, 1.54) is 7.11 Å². The van der Waals surface area contributed by atoms with Crippen molar-refractivity contribution in [3.63, 3.8) is 0 Å². The summed E-state index contributed by atoms with van der Waals surface area (Å²) in [5.74, 6) is -0.303. The molecule has 1 atom stereocenters. The summed E-state index contributed by atoms with van der Waals surface area (Å²) in [5.41, 5.74) is 1.06. The van der Waals surface area contributed by atoms with E-state index in [9.17, 15) is 4.79 Å². The molecule has 0 N–H and O–H groups in total. The number of hydrogen-bond acceptors (Lipinski definition) is 5. The Balaban J connectivity index is 3.14. The van der Waals surface area contributed by atoms with Crippen molar-refractivity contribution in [1.29, 1.82) is 0 Å². The Hall–Kier alpha value is -0.0425. The molecule has 1 aliphatic rings. The van der Waals surface area contributed by atoms with Crippen LogP contribution < -0.4 is 0 Å². The van der Waals surface area contributed by atoms with E-state index in [1.54, 1.807) is 0 Å². The van der Waals surface area contributed by atoms with Gasteiger partial charge in [0.1, 0.15) is 15.4 Å². The third kappa shape index (κ3) is 9.33. The fraction of sp³-hybridized carbons (Fsp3) is 0.833. The predicted molar refractivity (Wildman–Crippen MR) is 123 cm³/mol. The molecule has 27 heavy (non-hydrogen) atoms. The minimum Gasteiger partial charge on any atom is -0.466 e. The van der Waals surface area contributed by atoms with Gasteiger partial charge in [0.15, 0.2) is 16.6 Å². The largest absolute Gasteiger partial charge is 0.466 e. The number of carbonyl (C=O) groups is 1. The summed E-state index contributed by atoms with van der Waals surface area (Å²) in [5, 5.41) is 0.881. The number of esters is 1. The lowest BCUT2D eigenvalue weighted by Crippen LogP contribution is -2.57. The summed E-state index contributed by atoms with van der Waals surface area (Å²) < 4.78 is 24.5. The second-order valence-corrected chi connectivity index (χ2v) is 24.4. The molecule has 0 amide bonds. The summed E-state index contributed by atoms with van der Waals surface area (Å²) in [7, 11) is -3.86. The highest BCUT2D eigenvalue weighted by Gasteiger charge is 2.42. The van der Waals surface area contributed by atoms with Crippen molar-refractivity contribution >= 4 is 41.6 Å². The minimum absolute atomic E-state index is 0.120. The summed E-state index contributed by atoms with van der Waals surface area (Å²) in [6, 6.07) is 0. The Kier molecular flexibility index (Phi) is 9.37. The molecule has 0 radical (unpaired) electrons. The van der Waals surface area contributed by atoms with Crippen molar-refractivity contribution in [2.24, 2.45) is 0 Å². The zero-order valence-corrected chi connectivity index (χ0v) is 23.7. The normalized spacial score (nSPS) is 22.1. The van der Waals surface area contributed by atoms with Crippen LogP contribution >= 0.6 is 0 Å². The Labute approximate surface area is 172 Å². The number of ether oxygens (including phenoxy) is 2. The lowest BCUT2D eigenvalue weighted by atomic mass is 10.2. The molecular weight excluding hydrogens is 409 g/mol. The molecule has 1 unspecified atom stereocenters. The smallest absolute Gasteiger partial charge is 0.328 e. The maximum Gasteiger partial charge on any atom is 0.328 e. The van der Waals surface area contributed by atoms with E-state index in [1.807, 2.05) is 13.8 Å². The van der Waals surface area contributed by atoms with Crippen LogP contribution in [0.5, 0.6) is 0 Å². The zero-order valence-electron chi connectivity index (χ0n) is 18.9. The SMILES string of the molecule is COC(=O)C([SiH2]C1([SiH2]C(O[Si](C)(C)C)O[Si](C)(C)C)CCCCO1)=C(C)C. The summed E-state index contributed by atoms with van der Waals surface area (Å²) in [6.45, 7) is 18.1. The molecular formula is C18H40O5Si4. The first-order valence-electron chi connectivity index (χ1n) is 10.0. The summed E-state index contributed by atoms with van der Waals surface area (Å²) in [4.78, 5) is 12.2. The van der Waals surface area contributed by atoms with Gasteiger partial charge in [0.05, 0.1) is 16.6 Å². The van der Waals surface area contributed by atoms with Gasteiger partial charge in [-0.3, -0.25) is 0 Å². The molecule has 0 aromatic heterocycles. The number of methoxy groups -OCH3 is 1. The van der Waals surface area contributed by atoms with E-state index in [4.69, 9.17) is 18.3 Å². The van der Waals surface area contributed by atoms with E-state index >= 15 is 0 Å². The Morgan fingerprint density at radius 3 is 1.96 bits per heavy atom. The third-order valence-corrected chi connectivity index (χ3v) is 13.2. The highest BCUT2D eigenvalue weighted by Crippen LogP contribution is 2.29. The lowest BCUT2D eigenvalue weighted by Gasteiger charge is -2.42. The molecule has 0 aliphatic carbocycles. The van der Waals surface area contributed by atoms with Crippen molar-refractivity contribution in [3.8, 4) is 0 Å². The van der Waals surface area contributed by atoms with E-state index in [-0.39, 0.29) is 16.7 Å². The number of hydrogen-bond donors (Lipinski definition) is 0. The van der Waals surface area contributed by atoms with E-state index in [2.05, 4.69) is 39.3 Å².